The van der Waals surface area contributed by atoms with E-state index in [9.17, 15) is 0 Å². The quantitative estimate of drug-likeness (QED) is 0.0703. The molecule has 0 aromatic heterocycles. The van der Waals surface area contributed by atoms with Crippen molar-refractivity contribution in [2.45, 2.75) is 200 Å². The molecule has 5 nitrogen and oxygen atoms in total. The minimum Gasteiger partial charge on any atom is -0.339 e. The molecule has 698 valence electrons. The first-order valence-electron chi connectivity index (χ1n) is 54.8. The van der Waals surface area contributed by atoms with Crippen molar-refractivity contribution >= 4 is 132 Å². The second-order valence-corrected chi connectivity index (χ2v) is 45.2. The summed E-state index contributed by atoms with van der Waals surface area (Å²) in [5, 5.41) is 0. The van der Waals surface area contributed by atoms with Crippen LogP contribution in [-0.2, 0) is 5.41 Å². The molecule has 0 saturated heterocycles. The molecule has 5 heterocycles. The van der Waals surface area contributed by atoms with E-state index < -0.39 is 5.41 Å². The van der Waals surface area contributed by atoms with E-state index in [1.807, 2.05) is 0 Å². The van der Waals surface area contributed by atoms with Crippen molar-refractivity contribution in [2.75, 3.05) is 24.5 Å². The summed E-state index contributed by atoms with van der Waals surface area (Å²) in [6.45, 7) is -0.288. The monoisotopic (exact) mass is 1860 g/mol. The maximum Gasteiger partial charge on any atom is 0.252 e. The summed E-state index contributed by atoms with van der Waals surface area (Å²) >= 11 is 2.16. The molecule has 6 saturated carbocycles. The van der Waals surface area contributed by atoms with Crippen LogP contribution >= 0.6 is 11.8 Å². The van der Waals surface area contributed by atoms with Gasteiger partial charge in [0.2, 0.25) is 0 Å². The predicted octanol–water partition coefficient (Wildman–Crippen LogP) is 31.9. The van der Waals surface area contributed by atoms with Gasteiger partial charge < -0.3 is 24.5 Å². The molecule has 8 heteroatoms. The van der Waals surface area contributed by atoms with E-state index in [-0.39, 0.29) is 31.4 Å². The Hall–Kier alpha value is -13.0. The average Bonchev–Trinajstić information content (AvgIpc) is 1.47. The van der Waals surface area contributed by atoms with Crippen molar-refractivity contribution in [3.05, 3.63) is 415 Å². The number of anilines is 13. The van der Waals surface area contributed by atoms with Crippen molar-refractivity contribution in [1.82, 2.24) is 0 Å². The lowest BCUT2D eigenvalue weighted by molar-refractivity contribution is 0.0839. The highest BCUT2D eigenvalue weighted by Gasteiger charge is 2.59. The van der Waals surface area contributed by atoms with Crippen LogP contribution in [0.5, 0.6) is 0 Å². The number of fused-ring (bicyclic) bond motifs is 17. The Bertz CT molecular complexity index is 7290. The van der Waals surface area contributed by atoms with Gasteiger partial charge >= 0.3 is 0 Å². The van der Waals surface area contributed by atoms with Crippen molar-refractivity contribution < 1.29 is 0 Å². The first kappa shape index (κ1) is 86.8. The fourth-order valence-corrected chi connectivity index (χ4v) is 32.6. The van der Waals surface area contributed by atoms with Gasteiger partial charge in [0.15, 0.2) is 0 Å². The van der Waals surface area contributed by atoms with Gasteiger partial charge in [-0.3, -0.25) is 0 Å². The molecule has 0 radical (unpaired) electrons. The van der Waals surface area contributed by atoms with Gasteiger partial charge in [-0.05, 0) is 252 Å². The summed E-state index contributed by atoms with van der Waals surface area (Å²) in [5.41, 5.74) is 41.6. The minimum absolute atomic E-state index is 0.0373. The predicted molar refractivity (Wildman–Crippen MR) is 599 cm³/mol. The summed E-state index contributed by atoms with van der Waals surface area (Å²) in [6.07, 6.45) is 34.2. The molecule has 0 amide bonds. The number of rotatable bonds is 16. The van der Waals surface area contributed by atoms with E-state index in [0.29, 0.717) is 47.3 Å². The van der Waals surface area contributed by atoms with Crippen LogP contribution in [0.2, 0.25) is 0 Å². The highest BCUT2D eigenvalue weighted by molar-refractivity contribution is 7.99. The molecule has 0 N–H and O–H groups in total. The Morgan fingerprint density at radius 2 is 0.620 bits per heavy atom. The summed E-state index contributed by atoms with van der Waals surface area (Å²) < 4.78 is 0. The number of hydrogen-bond acceptors (Lipinski definition) is 6. The maximum absolute atomic E-state index is 3.25. The van der Waals surface area contributed by atoms with Crippen molar-refractivity contribution in [2.24, 2.45) is 47.3 Å². The number of nitrogens with zero attached hydrogens (tertiary/aromatic N) is 5. The van der Waals surface area contributed by atoms with Crippen LogP contribution in [0, 0.1) is 47.3 Å². The van der Waals surface area contributed by atoms with Gasteiger partial charge in [0, 0.05) is 95.8 Å². The first-order chi connectivity index (χ1) is 70.5. The number of benzene rings is 16. The van der Waals surface area contributed by atoms with Crippen molar-refractivity contribution in [3.8, 4) is 33.4 Å². The summed E-state index contributed by atoms with van der Waals surface area (Å²) in [6, 6.07) is 150. The number of para-hydroxylation sites is 6. The van der Waals surface area contributed by atoms with Gasteiger partial charge in [-0.25, -0.2) is 0 Å². The molecule has 28 rings (SSSR count). The van der Waals surface area contributed by atoms with E-state index in [1.165, 1.54) is 344 Å². The standard InChI is InChI=1S/C134H125B2N5S/c1-11-45-89(46-12-1)101-65-33-39-77-117(101)137(98-61-27-9-28-62-98)100-83-125-131-126(84-100)141(133-105(93-53-19-5-20-54-93)71-44-72-106(133)94-55-21-6-22-56-94)122-88-128-112(86-116(122)136(131)114-76-38-42-80-120(114)139(125)118-78-40-34-66-102(118)90-47-13-2-14-48-90)134(109-73-35-31-67-107(109)108-68-32-36-74-110(108)134)111-85-115-121(87-127(111)142-128)140(132-103(91-49-15-3-16-50-91)69-43-70-104(132)92-51-17-4-18-52-92)124-82-97(129(95-57-23-7-24-58-95)96-59-25-8-26-60-96)81-123-130(124)135(115)113-75-37-41-79-119(113)138(123)99-63-29-10-30-64-99/h1-2,7-14,23-42,45-48,57-68,73-88,91-94,103-106,129,132-133H,3-6,15-22,43-44,49-56,69-72H2. The second kappa shape index (κ2) is 36.4. The van der Waals surface area contributed by atoms with Crippen LogP contribution in [-0.4, -0.2) is 25.5 Å². The molecule has 16 aromatic rings. The Morgan fingerprint density at radius 3 is 1.11 bits per heavy atom. The topological polar surface area (TPSA) is 16.2 Å². The van der Waals surface area contributed by atoms with Crippen molar-refractivity contribution in [3.63, 3.8) is 0 Å². The van der Waals surface area contributed by atoms with Crippen LogP contribution in [0.1, 0.15) is 212 Å². The largest absolute Gasteiger partial charge is 0.339 e. The fraction of sp³-hybridized carbons (Fsp3) is 0.284. The molecule has 5 aliphatic heterocycles. The van der Waals surface area contributed by atoms with E-state index in [1.54, 1.807) is 0 Å². The smallest absolute Gasteiger partial charge is 0.252 e. The number of hydrogen-bond donors (Lipinski definition) is 0. The summed E-state index contributed by atoms with van der Waals surface area (Å²) in [4.78, 5) is 17.5. The Labute approximate surface area is 846 Å². The van der Waals surface area contributed by atoms with E-state index >= 15 is 0 Å². The van der Waals surface area contributed by atoms with Crippen LogP contribution < -0.4 is 57.3 Å². The van der Waals surface area contributed by atoms with Crippen LogP contribution in [0.25, 0.3) is 33.4 Å². The zero-order valence-electron chi connectivity index (χ0n) is 81.8. The maximum atomic E-state index is 3.25. The molecule has 4 atom stereocenters. The normalized spacial score (nSPS) is 21.0. The van der Waals surface area contributed by atoms with Gasteiger partial charge in [0.05, 0.1) is 22.5 Å². The third kappa shape index (κ3) is 14.2. The van der Waals surface area contributed by atoms with E-state index in [4.69, 9.17) is 0 Å². The van der Waals surface area contributed by atoms with E-state index in [2.05, 4.69) is 412 Å². The first-order valence-corrected chi connectivity index (χ1v) is 55.6. The van der Waals surface area contributed by atoms with Gasteiger partial charge in [0.25, 0.3) is 13.4 Å². The molecular formula is C134H125B2N5S. The molecule has 7 aliphatic carbocycles. The summed E-state index contributed by atoms with van der Waals surface area (Å²) in [5.74, 6) is 4.55. The molecule has 4 unspecified atom stereocenters. The second-order valence-electron chi connectivity index (χ2n) is 44.1. The molecule has 1 spiro atoms. The minimum atomic E-state index is -0.775. The highest BCUT2D eigenvalue weighted by atomic mass is 32.2. The Balaban J connectivity index is 0.758. The van der Waals surface area contributed by atoms with Gasteiger partial charge in [-0.1, -0.05) is 444 Å². The lowest BCUT2D eigenvalue weighted by atomic mass is 9.32. The third-order valence-corrected chi connectivity index (χ3v) is 38.2. The fourth-order valence-electron chi connectivity index (χ4n) is 31.4. The zero-order valence-corrected chi connectivity index (χ0v) is 82.6. The van der Waals surface area contributed by atoms with Gasteiger partial charge in [0.1, 0.15) is 0 Å². The highest BCUT2D eigenvalue weighted by Crippen LogP contribution is 2.66. The summed E-state index contributed by atoms with van der Waals surface area (Å²) in [7, 11) is 0. The third-order valence-electron chi connectivity index (χ3n) is 37.1. The lowest BCUT2D eigenvalue weighted by Gasteiger charge is -2.55. The van der Waals surface area contributed by atoms with Gasteiger partial charge in [-0.2, -0.15) is 0 Å². The van der Waals surface area contributed by atoms with Crippen molar-refractivity contribution in [1.29, 1.82) is 0 Å². The molecule has 142 heavy (non-hydrogen) atoms. The SMILES string of the molecule is c1ccc(-c2ccccc2N(c2ccccc2)c2cc3c4c(c2)N(C2C(C5CCCCC5)CCCC2C2CCCCC2)c2cc5c(cc2B4c2ccccc2N3c2ccccc2-c2ccccc2)C2(c3cc4c(cc3S5)N(C3C(C5CCCCC5)CCCC3C3CCCCC3)c3cc(C(c5ccccc5)c5ccccc5)cc5c3B4c3ccccc3N5c3ccccc3)c3ccccc3-c3ccccc32)cc1. The Morgan fingerprint density at radius 1 is 0.254 bits per heavy atom. The molecule has 16 aromatic carbocycles. The molecule has 6 fully saturated rings. The zero-order chi connectivity index (χ0) is 93.5. The van der Waals surface area contributed by atoms with Crippen LogP contribution in [0.15, 0.2) is 386 Å². The Kier molecular flexibility index (Phi) is 22.3. The lowest BCUT2D eigenvalue weighted by Crippen LogP contribution is -2.65. The van der Waals surface area contributed by atoms with E-state index in [0.717, 1.165) is 11.4 Å². The molecule has 12 aliphatic rings. The molecule has 0 bridgehead atoms. The average molecular weight is 1860 g/mol. The van der Waals surface area contributed by atoms with Crippen LogP contribution in [0.3, 0.4) is 0 Å². The van der Waals surface area contributed by atoms with Crippen LogP contribution in [0.4, 0.5) is 73.9 Å². The molecular weight excluding hydrogens is 1730 g/mol. The van der Waals surface area contributed by atoms with Gasteiger partial charge in [-0.15, -0.1) is 0 Å².